The molecule has 2 aromatic carbocycles. The van der Waals surface area contributed by atoms with Gasteiger partial charge in [-0.05, 0) is 47.9 Å². The summed E-state index contributed by atoms with van der Waals surface area (Å²) in [5.74, 6) is 0.198. The number of rotatable bonds is 7. The molecule has 0 atom stereocenters. The van der Waals surface area contributed by atoms with Gasteiger partial charge >= 0.3 is 0 Å². The fraction of sp³-hybridized carbons (Fsp3) is 0.238. The summed E-state index contributed by atoms with van der Waals surface area (Å²) in [4.78, 5) is 22.6. The van der Waals surface area contributed by atoms with Gasteiger partial charge in [-0.1, -0.05) is 12.1 Å². The molecule has 0 bridgehead atoms. The van der Waals surface area contributed by atoms with Gasteiger partial charge in [-0.15, -0.1) is 0 Å². The van der Waals surface area contributed by atoms with Crippen LogP contribution in [0.15, 0.2) is 48.7 Å². The maximum Gasteiger partial charge on any atom is 0.274 e. The quantitative estimate of drug-likeness (QED) is 0.433. The molecule has 0 saturated heterocycles. The Morgan fingerprint density at radius 1 is 1.14 bits per heavy atom. The molecule has 7 nitrogen and oxygen atoms in total. The van der Waals surface area contributed by atoms with Crippen molar-refractivity contribution in [3.05, 3.63) is 65.4 Å². The zero-order chi connectivity index (χ0) is 20.1. The molecule has 1 aromatic heterocycles. The van der Waals surface area contributed by atoms with Gasteiger partial charge in [0, 0.05) is 42.7 Å². The molecular weight excluding hydrogens is 358 g/mol. The van der Waals surface area contributed by atoms with Crippen LogP contribution in [0.3, 0.4) is 0 Å². The molecule has 146 valence electrons. The van der Waals surface area contributed by atoms with Crippen molar-refractivity contribution >= 4 is 22.7 Å². The zero-order valence-electron chi connectivity index (χ0n) is 15.9. The van der Waals surface area contributed by atoms with Gasteiger partial charge in [-0.3, -0.25) is 14.8 Å². The highest BCUT2D eigenvalue weighted by Gasteiger charge is 2.11. The van der Waals surface area contributed by atoms with Gasteiger partial charge in [0.25, 0.3) is 5.91 Å². The molecule has 0 unspecified atom stereocenters. The van der Waals surface area contributed by atoms with Crippen molar-refractivity contribution in [3.8, 4) is 5.75 Å². The first-order chi connectivity index (χ1) is 13.5. The molecule has 2 amide bonds. The number of nitrogens with one attached hydrogen (secondary N) is 2. The van der Waals surface area contributed by atoms with Crippen molar-refractivity contribution < 1.29 is 19.5 Å². The maximum atomic E-state index is 11.5. The highest BCUT2D eigenvalue weighted by molar-refractivity contribution is 5.93. The van der Waals surface area contributed by atoms with Gasteiger partial charge in [0.2, 0.25) is 5.91 Å². The summed E-state index contributed by atoms with van der Waals surface area (Å²) >= 11 is 0. The van der Waals surface area contributed by atoms with Crippen molar-refractivity contribution in [2.24, 2.45) is 0 Å². The third-order valence-electron chi connectivity index (χ3n) is 4.61. The predicted molar refractivity (Wildman–Crippen MR) is 106 cm³/mol. The van der Waals surface area contributed by atoms with Crippen LogP contribution in [-0.4, -0.2) is 35.2 Å². The zero-order valence-corrected chi connectivity index (χ0v) is 15.9. The number of amides is 2. The molecule has 3 aromatic rings. The smallest absolute Gasteiger partial charge is 0.274 e. The lowest BCUT2D eigenvalue weighted by Gasteiger charge is -2.07. The highest BCUT2D eigenvalue weighted by atomic mass is 16.5. The van der Waals surface area contributed by atoms with Crippen LogP contribution < -0.4 is 15.5 Å². The standard InChI is InChI=1S/C21H23N3O4/c1-14(25)22-10-9-17-13-24(20-8-7-18(28-2)11-19(17)20)12-15-3-5-16(6-4-15)21(26)23-27/h3-8,11,13,27H,9-10,12H2,1-2H3,(H,22,25)(H,23,26). The Hall–Kier alpha value is -3.32. The molecule has 1 heterocycles. The number of carbonyl (C=O) groups excluding carboxylic acids is 2. The fourth-order valence-corrected chi connectivity index (χ4v) is 3.20. The average Bonchev–Trinajstić information content (AvgIpc) is 3.04. The largest absolute Gasteiger partial charge is 0.497 e. The summed E-state index contributed by atoms with van der Waals surface area (Å²) in [7, 11) is 1.64. The Labute approximate surface area is 162 Å². The molecule has 3 N–H and O–H groups in total. The van der Waals surface area contributed by atoms with E-state index in [2.05, 4.69) is 16.1 Å². The summed E-state index contributed by atoms with van der Waals surface area (Å²) in [6.07, 6.45) is 2.80. The predicted octanol–water partition coefficient (Wildman–Crippen LogP) is 2.50. The molecule has 0 aliphatic carbocycles. The number of ether oxygens (including phenoxy) is 1. The van der Waals surface area contributed by atoms with Gasteiger partial charge in [-0.2, -0.15) is 0 Å². The van der Waals surface area contributed by atoms with Crippen LogP contribution in [0.1, 0.15) is 28.4 Å². The molecule has 0 saturated carbocycles. The number of hydrogen-bond acceptors (Lipinski definition) is 4. The number of methoxy groups -OCH3 is 1. The second-order valence-corrected chi connectivity index (χ2v) is 6.54. The average molecular weight is 381 g/mol. The number of benzene rings is 2. The van der Waals surface area contributed by atoms with Gasteiger partial charge < -0.3 is 14.6 Å². The summed E-state index contributed by atoms with van der Waals surface area (Å²) in [6.45, 7) is 2.70. The van der Waals surface area contributed by atoms with Crippen LogP contribution in [0.4, 0.5) is 0 Å². The van der Waals surface area contributed by atoms with Crippen LogP contribution in [0.2, 0.25) is 0 Å². The number of fused-ring (bicyclic) bond motifs is 1. The van der Waals surface area contributed by atoms with E-state index in [1.165, 1.54) is 6.92 Å². The van der Waals surface area contributed by atoms with Crippen LogP contribution in [-0.2, 0) is 17.8 Å². The SMILES string of the molecule is COc1ccc2c(c1)c(CCNC(C)=O)cn2Cc1ccc(C(=O)NO)cc1. The third-order valence-corrected chi connectivity index (χ3v) is 4.61. The van der Waals surface area contributed by atoms with Crippen molar-refractivity contribution in [2.45, 2.75) is 19.9 Å². The highest BCUT2D eigenvalue weighted by Crippen LogP contribution is 2.27. The van der Waals surface area contributed by atoms with Crippen LogP contribution in [0, 0.1) is 0 Å². The molecule has 0 aliphatic heterocycles. The first-order valence-electron chi connectivity index (χ1n) is 8.95. The summed E-state index contributed by atoms with van der Waals surface area (Å²) in [5, 5.41) is 12.6. The maximum absolute atomic E-state index is 11.5. The van der Waals surface area contributed by atoms with Crippen molar-refractivity contribution in [1.82, 2.24) is 15.4 Å². The van der Waals surface area contributed by atoms with E-state index < -0.39 is 5.91 Å². The Morgan fingerprint density at radius 2 is 1.89 bits per heavy atom. The number of nitrogens with zero attached hydrogens (tertiary/aromatic N) is 1. The molecule has 0 radical (unpaired) electrons. The number of aromatic nitrogens is 1. The molecule has 28 heavy (non-hydrogen) atoms. The van der Waals surface area contributed by atoms with Gasteiger partial charge in [0.15, 0.2) is 0 Å². The number of hydroxylamine groups is 1. The number of hydrogen-bond donors (Lipinski definition) is 3. The third kappa shape index (κ3) is 4.32. The molecule has 0 spiro atoms. The Kier molecular flexibility index (Phi) is 5.96. The summed E-state index contributed by atoms with van der Waals surface area (Å²) < 4.78 is 7.49. The van der Waals surface area contributed by atoms with Crippen molar-refractivity contribution in [1.29, 1.82) is 0 Å². The minimum atomic E-state index is -0.537. The van der Waals surface area contributed by atoms with Crippen LogP contribution >= 0.6 is 0 Å². The summed E-state index contributed by atoms with van der Waals surface area (Å²) in [5.41, 5.74) is 5.24. The molecule has 3 rings (SSSR count). The number of carbonyl (C=O) groups is 2. The van der Waals surface area contributed by atoms with Crippen molar-refractivity contribution in [3.63, 3.8) is 0 Å². The van der Waals surface area contributed by atoms with E-state index in [0.717, 1.165) is 27.8 Å². The topological polar surface area (TPSA) is 92.6 Å². The molecule has 7 heteroatoms. The van der Waals surface area contributed by atoms with E-state index in [-0.39, 0.29) is 5.91 Å². The Bertz CT molecular complexity index is 993. The van der Waals surface area contributed by atoms with Crippen LogP contribution in [0.25, 0.3) is 10.9 Å². The van der Waals surface area contributed by atoms with Gasteiger partial charge in [-0.25, -0.2) is 5.48 Å². The van der Waals surface area contributed by atoms with Crippen molar-refractivity contribution in [2.75, 3.05) is 13.7 Å². The first kappa shape index (κ1) is 19.4. The monoisotopic (exact) mass is 381 g/mol. The van der Waals surface area contributed by atoms with E-state index in [1.54, 1.807) is 24.7 Å². The minimum Gasteiger partial charge on any atom is -0.497 e. The minimum absolute atomic E-state index is 0.0478. The Morgan fingerprint density at radius 3 is 2.54 bits per heavy atom. The van der Waals surface area contributed by atoms with Gasteiger partial charge in [0.05, 0.1) is 7.11 Å². The Balaban J connectivity index is 1.89. The molecule has 0 aliphatic rings. The van der Waals surface area contributed by atoms with E-state index in [9.17, 15) is 9.59 Å². The van der Waals surface area contributed by atoms with Crippen LogP contribution in [0.5, 0.6) is 5.75 Å². The fourth-order valence-electron chi connectivity index (χ4n) is 3.20. The molecular formula is C21H23N3O4. The second-order valence-electron chi connectivity index (χ2n) is 6.54. The van der Waals surface area contributed by atoms with E-state index in [0.29, 0.717) is 25.1 Å². The normalized spacial score (nSPS) is 10.7. The first-order valence-corrected chi connectivity index (χ1v) is 8.95. The lowest BCUT2D eigenvalue weighted by molar-refractivity contribution is -0.118. The van der Waals surface area contributed by atoms with Gasteiger partial charge in [0.1, 0.15) is 5.75 Å². The molecule has 0 fully saturated rings. The van der Waals surface area contributed by atoms with E-state index >= 15 is 0 Å². The van der Waals surface area contributed by atoms with E-state index in [4.69, 9.17) is 9.94 Å². The van der Waals surface area contributed by atoms with E-state index in [1.807, 2.05) is 30.3 Å². The second kappa shape index (κ2) is 8.58. The lowest BCUT2D eigenvalue weighted by atomic mass is 10.1. The lowest BCUT2D eigenvalue weighted by Crippen LogP contribution is -2.22. The summed E-state index contributed by atoms with van der Waals surface area (Å²) in [6, 6.07) is 13.0.